The van der Waals surface area contributed by atoms with E-state index in [0.717, 1.165) is 53.3 Å². The Kier molecular flexibility index (Phi) is 5.21. The molecule has 0 aliphatic carbocycles. The van der Waals surface area contributed by atoms with Gasteiger partial charge in [0, 0.05) is 46.3 Å². The number of hydrogen-bond acceptors (Lipinski definition) is 6. The molecule has 2 saturated heterocycles. The van der Waals surface area contributed by atoms with Crippen LogP contribution in [0.4, 0.5) is 10.6 Å². The van der Waals surface area contributed by atoms with E-state index in [9.17, 15) is 4.79 Å². The lowest BCUT2D eigenvalue weighted by Crippen LogP contribution is -2.54. The summed E-state index contributed by atoms with van der Waals surface area (Å²) >= 11 is 0. The van der Waals surface area contributed by atoms with Crippen molar-refractivity contribution in [3.8, 4) is 5.69 Å². The molecule has 2 aromatic heterocycles. The average Bonchev–Trinajstić information content (AvgIpc) is 3.38. The summed E-state index contributed by atoms with van der Waals surface area (Å²) in [4.78, 5) is 17.0. The number of urea groups is 1. The maximum Gasteiger partial charge on any atom is 0.334 e. The van der Waals surface area contributed by atoms with Gasteiger partial charge >= 0.3 is 6.03 Å². The van der Waals surface area contributed by atoms with Crippen molar-refractivity contribution in [2.45, 2.75) is 27.2 Å². The van der Waals surface area contributed by atoms with Gasteiger partial charge in [-0.15, -0.1) is 5.10 Å². The van der Waals surface area contributed by atoms with Crippen LogP contribution in [0.3, 0.4) is 0 Å². The number of fused-ring (bicyclic) bond motifs is 1. The molecule has 0 radical (unpaired) electrons. The first-order valence-electron chi connectivity index (χ1n) is 11.3. The second-order valence-corrected chi connectivity index (χ2v) is 8.78. The van der Waals surface area contributed by atoms with Gasteiger partial charge in [0.2, 0.25) is 0 Å². The van der Waals surface area contributed by atoms with Crippen molar-refractivity contribution in [2.75, 3.05) is 51.2 Å². The standard InChI is InChI=1S/C23H30N8O/c1-16-6-8-19(9-7-16)31-18(3)20-17(2)24-25-22(21(20)26-31)28-12-14-29(15-13-28)23(32)30-11-5-10-27(30)4/h6-9H,5,10-15H2,1-4H3. The van der Waals surface area contributed by atoms with Crippen molar-refractivity contribution < 1.29 is 4.79 Å². The molecule has 9 nitrogen and oxygen atoms in total. The number of aromatic nitrogens is 4. The van der Waals surface area contributed by atoms with Crippen LogP contribution in [0.25, 0.3) is 16.6 Å². The number of nitrogens with zero attached hydrogens (tertiary/aromatic N) is 8. The Morgan fingerprint density at radius 1 is 0.906 bits per heavy atom. The normalized spacial score (nSPS) is 17.6. The van der Waals surface area contributed by atoms with Gasteiger partial charge < -0.3 is 9.80 Å². The quantitative estimate of drug-likeness (QED) is 0.617. The molecule has 0 atom stereocenters. The summed E-state index contributed by atoms with van der Waals surface area (Å²) in [6.45, 7) is 10.6. The predicted octanol–water partition coefficient (Wildman–Crippen LogP) is 2.54. The van der Waals surface area contributed by atoms with Crippen molar-refractivity contribution in [2.24, 2.45) is 0 Å². The summed E-state index contributed by atoms with van der Waals surface area (Å²) in [5, 5.41) is 18.9. The van der Waals surface area contributed by atoms with Crippen LogP contribution in [-0.2, 0) is 0 Å². The van der Waals surface area contributed by atoms with E-state index < -0.39 is 0 Å². The molecule has 0 unspecified atom stereocenters. The molecule has 32 heavy (non-hydrogen) atoms. The first-order valence-corrected chi connectivity index (χ1v) is 11.3. The SMILES string of the molecule is Cc1ccc(-n2nc3c(N4CCN(C(=O)N5CCCN5C)CC4)nnc(C)c3c2C)cc1. The van der Waals surface area contributed by atoms with Gasteiger partial charge in [0.25, 0.3) is 0 Å². The van der Waals surface area contributed by atoms with Crippen LogP contribution < -0.4 is 4.90 Å². The molecule has 0 bridgehead atoms. The molecular weight excluding hydrogens is 404 g/mol. The monoisotopic (exact) mass is 434 g/mol. The minimum Gasteiger partial charge on any atom is -0.350 e. The van der Waals surface area contributed by atoms with Gasteiger partial charge in [-0.05, 0) is 39.3 Å². The van der Waals surface area contributed by atoms with E-state index in [1.165, 1.54) is 5.56 Å². The van der Waals surface area contributed by atoms with E-state index in [2.05, 4.69) is 53.2 Å². The molecule has 2 aliphatic rings. The smallest absolute Gasteiger partial charge is 0.334 e. The van der Waals surface area contributed by atoms with Crippen molar-refractivity contribution in [1.29, 1.82) is 0 Å². The largest absolute Gasteiger partial charge is 0.350 e. The Balaban J connectivity index is 1.41. The molecule has 0 N–H and O–H groups in total. The van der Waals surface area contributed by atoms with E-state index in [1.54, 1.807) is 0 Å². The fourth-order valence-corrected chi connectivity index (χ4v) is 4.72. The van der Waals surface area contributed by atoms with E-state index in [4.69, 9.17) is 5.10 Å². The second-order valence-electron chi connectivity index (χ2n) is 8.78. The third kappa shape index (κ3) is 3.46. The zero-order valence-corrected chi connectivity index (χ0v) is 19.2. The Labute approximate surface area is 188 Å². The van der Waals surface area contributed by atoms with Gasteiger partial charge in [-0.25, -0.2) is 14.5 Å². The molecule has 5 rings (SSSR count). The maximum absolute atomic E-state index is 12.9. The third-order valence-electron chi connectivity index (χ3n) is 6.60. The molecule has 0 spiro atoms. The minimum absolute atomic E-state index is 0.101. The predicted molar refractivity (Wildman–Crippen MR) is 124 cm³/mol. The maximum atomic E-state index is 12.9. The number of rotatable bonds is 2. The summed E-state index contributed by atoms with van der Waals surface area (Å²) < 4.78 is 1.98. The number of aryl methyl sites for hydroxylation is 3. The number of anilines is 1. The molecular formula is C23H30N8O. The van der Waals surface area contributed by atoms with E-state index in [-0.39, 0.29) is 6.03 Å². The lowest BCUT2D eigenvalue weighted by molar-refractivity contribution is 0.0609. The highest BCUT2D eigenvalue weighted by Crippen LogP contribution is 2.30. The average molecular weight is 435 g/mol. The van der Waals surface area contributed by atoms with Crippen LogP contribution in [0.15, 0.2) is 24.3 Å². The molecule has 1 aromatic carbocycles. The Morgan fingerprint density at radius 3 is 2.28 bits per heavy atom. The first kappa shape index (κ1) is 20.7. The summed E-state index contributed by atoms with van der Waals surface area (Å²) in [6, 6.07) is 8.47. The second kappa shape index (κ2) is 8.05. The van der Waals surface area contributed by atoms with Crippen molar-refractivity contribution in [1.82, 2.24) is 34.9 Å². The molecule has 168 valence electrons. The highest BCUT2D eigenvalue weighted by Gasteiger charge is 2.31. The molecule has 3 aromatic rings. The molecule has 2 amide bonds. The summed E-state index contributed by atoms with van der Waals surface area (Å²) in [5.41, 5.74) is 5.05. The van der Waals surface area contributed by atoms with Gasteiger partial charge in [0.05, 0.1) is 22.5 Å². The van der Waals surface area contributed by atoms with Crippen LogP contribution in [0.2, 0.25) is 0 Å². The fraction of sp³-hybridized carbons (Fsp3) is 0.478. The molecule has 9 heteroatoms. The van der Waals surface area contributed by atoms with Gasteiger partial charge in [0.15, 0.2) is 5.82 Å². The number of benzene rings is 1. The van der Waals surface area contributed by atoms with Gasteiger partial charge in [-0.1, -0.05) is 17.7 Å². The number of carbonyl (C=O) groups is 1. The summed E-state index contributed by atoms with van der Waals surface area (Å²) in [6.07, 6.45) is 1.03. The van der Waals surface area contributed by atoms with Crippen LogP contribution in [0.1, 0.15) is 23.4 Å². The lowest BCUT2D eigenvalue weighted by Gasteiger charge is -2.38. The van der Waals surface area contributed by atoms with Crippen LogP contribution in [0.5, 0.6) is 0 Å². The van der Waals surface area contributed by atoms with Crippen LogP contribution >= 0.6 is 0 Å². The lowest BCUT2D eigenvalue weighted by atomic mass is 10.2. The van der Waals surface area contributed by atoms with E-state index in [0.29, 0.717) is 26.2 Å². The third-order valence-corrected chi connectivity index (χ3v) is 6.60. The van der Waals surface area contributed by atoms with Crippen LogP contribution in [-0.4, -0.2) is 87.2 Å². The summed E-state index contributed by atoms with van der Waals surface area (Å²) in [7, 11) is 1.98. The number of hydrazine groups is 1. The first-order chi connectivity index (χ1) is 15.4. The summed E-state index contributed by atoms with van der Waals surface area (Å²) in [5.74, 6) is 0.796. The van der Waals surface area contributed by atoms with E-state index >= 15 is 0 Å². The number of carbonyl (C=O) groups excluding carboxylic acids is 1. The Bertz CT molecular complexity index is 1150. The topological polar surface area (TPSA) is 73.6 Å². The number of amides is 2. The zero-order chi connectivity index (χ0) is 22.4. The molecule has 4 heterocycles. The minimum atomic E-state index is 0.101. The van der Waals surface area contributed by atoms with Gasteiger partial charge in [-0.2, -0.15) is 10.2 Å². The fourth-order valence-electron chi connectivity index (χ4n) is 4.72. The van der Waals surface area contributed by atoms with Crippen molar-refractivity contribution in [3.63, 3.8) is 0 Å². The van der Waals surface area contributed by atoms with E-state index in [1.807, 2.05) is 33.6 Å². The number of piperazine rings is 1. The molecule has 2 aliphatic heterocycles. The van der Waals surface area contributed by atoms with Gasteiger partial charge in [0.1, 0.15) is 5.52 Å². The Hall–Kier alpha value is -3.20. The van der Waals surface area contributed by atoms with Gasteiger partial charge in [-0.3, -0.25) is 5.01 Å². The molecule has 0 saturated carbocycles. The Morgan fingerprint density at radius 2 is 1.62 bits per heavy atom. The highest BCUT2D eigenvalue weighted by atomic mass is 16.2. The van der Waals surface area contributed by atoms with Crippen molar-refractivity contribution in [3.05, 3.63) is 41.2 Å². The zero-order valence-electron chi connectivity index (χ0n) is 19.2. The molecule has 2 fully saturated rings. The number of hydrogen-bond donors (Lipinski definition) is 0. The van der Waals surface area contributed by atoms with Crippen LogP contribution in [0, 0.1) is 20.8 Å². The highest BCUT2D eigenvalue weighted by molar-refractivity contribution is 5.92. The van der Waals surface area contributed by atoms with Crippen molar-refractivity contribution >= 4 is 22.8 Å².